The van der Waals surface area contributed by atoms with Crippen LogP contribution in [0.4, 0.5) is 0 Å². The Balaban J connectivity index is 2.16. The van der Waals surface area contributed by atoms with Crippen LogP contribution in [0.2, 0.25) is 0 Å². The van der Waals surface area contributed by atoms with Gasteiger partial charge in [0.2, 0.25) is 0 Å². The van der Waals surface area contributed by atoms with Crippen molar-refractivity contribution in [2.75, 3.05) is 12.5 Å². The Labute approximate surface area is 148 Å². The van der Waals surface area contributed by atoms with Crippen molar-refractivity contribution in [2.45, 2.75) is 38.0 Å². The Kier molecular flexibility index (Phi) is 6.32. The van der Waals surface area contributed by atoms with E-state index in [1.807, 2.05) is 48.5 Å². The summed E-state index contributed by atoms with van der Waals surface area (Å²) in [6, 6.07) is 15.8. The first-order valence-electron chi connectivity index (χ1n) is 8.04. The monoisotopic (exact) mass is 344 g/mol. The van der Waals surface area contributed by atoms with Crippen molar-refractivity contribution in [3.8, 4) is 5.75 Å². The smallest absolute Gasteiger partial charge is 0.341 e. The second-order valence-electron chi connectivity index (χ2n) is 6.40. The summed E-state index contributed by atoms with van der Waals surface area (Å²) >= 11 is 1.58. The minimum Gasteiger partial charge on any atom is -0.482 e. The van der Waals surface area contributed by atoms with E-state index in [2.05, 4.69) is 20.8 Å². The molecule has 3 nitrogen and oxygen atoms in total. The van der Waals surface area contributed by atoms with Gasteiger partial charge in [0.15, 0.2) is 0 Å². The molecule has 0 radical (unpaired) electrons. The number of esters is 1. The summed E-state index contributed by atoms with van der Waals surface area (Å²) in [6.45, 7) is 8.49. The summed E-state index contributed by atoms with van der Waals surface area (Å²) < 4.78 is 11.0. The van der Waals surface area contributed by atoms with Crippen LogP contribution >= 0.6 is 11.8 Å². The van der Waals surface area contributed by atoms with Crippen molar-refractivity contribution in [1.29, 1.82) is 0 Å². The summed E-state index contributed by atoms with van der Waals surface area (Å²) in [5.74, 6) is 0.652. The molecule has 0 spiro atoms. The van der Waals surface area contributed by atoms with E-state index >= 15 is 0 Å². The van der Waals surface area contributed by atoms with Crippen LogP contribution in [-0.4, -0.2) is 18.5 Å². The van der Waals surface area contributed by atoms with E-state index in [0.29, 0.717) is 23.9 Å². The molecule has 4 heteroatoms. The first-order valence-corrected chi connectivity index (χ1v) is 9.02. The predicted octanol–water partition coefficient (Wildman–Crippen LogP) is 5.29. The van der Waals surface area contributed by atoms with Gasteiger partial charge >= 0.3 is 5.97 Å². The van der Waals surface area contributed by atoms with E-state index in [0.717, 1.165) is 10.5 Å². The predicted molar refractivity (Wildman–Crippen MR) is 98.9 cm³/mol. The van der Waals surface area contributed by atoms with E-state index in [1.165, 1.54) is 0 Å². The third-order valence-corrected chi connectivity index (χ3v) is 4.37. The molecule has 0 heterocycles. The van der Waals surface area contributed by atoms with Crippen LogP contribution in [0.15, 0.2) is 53.4 Å². The Morgan fingerprint density at radius 2 is 1.79 bits per heavy atom. The van der Waals surface area contributed by atoms with Gasteiger partial charge in [-0.25, -0.2) is 4.79 Å². The van der Waals surface area contributed by atoms with Crippen LogP contribution in [0.1, 0.15) is 43.6 Å². The van der Waals surface area contributed by atoms with Crippen molar-refractivity contribution in [1.82, 2.24) is 0 Å². The van der Waals surface area contributed by atoms with Gasteiger partial charge < -0.3 is 9.47 Å². The highest BCUT2D eigenvalue weighted by Crippen LogP contribution is 2.29. The van der Waals surface area contributed by atoms with Crippen molar-refractivity contribution < 1.29 is 14.3 Å². The molecule has 24 heavy (non-hydrogen) atoms. The quantitative estimate of drug-likeness (QED) is 0.405. The molecular weight excluding hydrogens is 320 g/mol. The lowest BCUT2D eigenvalue weighted by atomic mass is 9.86. The minimum absolute atomic E-state index is 0.0431. The van der Waals surface area contributed by atoms with Crippen molar-refractivity contribution in [3.05, 3.63) is 59.7 Å². The Bertz CT molecular complexity index is 675. The number of benzene rings is 2. The van der Waals surface area contributed by atoms with E-state index in [1.54, 1.807) is 18.7 Å². The second kappa shape index (κ2) is 8.25. The van der Waals surface area contributed by atoms with E-state index < -0.39 is 0 Å². The molecule has 0 aliphatic rings. The summed E-state index contributed by atoms with van der Waals surface area (Å²) in [7, 11) is 0. The van der Waals surface area contributed by atoms with Gasteiger partial charge in [0.25, 0.3) is 0 Å². The molecule has 0 aromatic heterocycles. The number of hydrogen-bond acceptors (Lipinski definition) is 4. The molecule has 0 bridgehead atoms. The number of ether oxygens (including phenoxy) is 2. The molecular formula is C20H24O3S. The van der Waals surface area contributed by atoms with Gasteiger partial charge in [0.1, 0.15) is 17.3 Å². The van der Waals surface area contributed by atoms with Crippen LogP contribution in [0.3, 0.4) is 0 Å². The highest BCUT2D eigenvalue weighted by atomic mass is 32.2. The zero-order valence-electron chi connectivity index (χ0n) is 14.7. The fraction of sp³-hybridized carbons (Fsp3) is 0.350. The molecule has 0 aliphatic carbocycles. The molecule has 0 aliphatic heterocycles. The lowest BCUT2D eigenvalue weighted by molar-refractivity contribution is 0.0522. The standard InChI is InChI=1S/C20H24O3S/c1-5-22-19(21)17-13-15(20(2,3)4)11-12-18(17)23-14-24-16-9-7-6-8-10-16/h6-13H,5,14H2,1-4H3. The molecule has 0 atom stereocenters. The zero-order valence-corrected chi connectivity index (χ0v) is 15.5. The number of carbonyl (C=O) groups excluding carboxylic acids is 1. The van der Waals surface area contributed by atoms with Crippen molar-refractivity contribution in [2.24, 2.45) is 0 Å². The minimum atomic E-state index is -0.344. The Morgan fingerprint density at radius 3 is 2.42 bits per heavy atom. The molecule has 2 aromatic rings. The maximum atomic E-state index is 12.3. The fourth-order valence-electron chi connectivity index (χ4n) is 2.17. The van der Waals surface area contributed by atoms with Crippen LogP contribution in [0, 0.1) is 0 Å². The van der Waals surface area contributed by atoms with Crippen LogP contribution in [0.5, 0.6) is 5.75 Å². The number of hydrogen-bond donors (Lipinski definition) is 0. The van der Waals surface area contributed by atoms with Crippen LogP contribution < -0.4 is 4.74 Å². The molecule has 0 amide bonds. The maximum Gasteiger partial charge on any atom is 0.341 e. The molecule has 128 valence electrons. The van der Waals surface area contributed by atoms with Gasteiger partial charge in [0.05, 0.1) is 6.61 Å². The summed E-state index contributed by atoms with van der Waals surface area (Å²) in [6.07, 6.45) is 0. The third kappa shape index (κ3) is 5.03. The number of thioether (sulfide) groups is 1. The third-order valence-electron chi connectivity index (χ3n) is 3.52. The SMILES string of the molecule is CCOC(=O)c1cc(C(C)(C)C)ccc1OCSc1ccccc1. The van der Waals surface area contributed by atoms with Gasteiger partial charge in [-0.3, -0.25) is 0 Å². The molecule has 0 saturated heterocycles. The van der Waals surface area contributed by atoms with Crippen molar-refractivity contribution in [3.63, 3.8) is 0 Å². The molecule has 0 N–H and O–H groups in total. The van der Waals surface area contributed by atoms with Gasteiger partial charge in [-0.15, -0.1) is 0 Å². The van der Waals surface area contributed by atoms with E-state index in [4.69, 9.17) is 9.47 Å². The summed E-state index contributed by atoms with van der Waals surface area (Å²) in [5.41, 5.74) is 1.52. The Morgan fingerprint density at radius 1 is 1.08 bits per heavy atom. The zero-order chi connectivity index (χ0) is 17.6. The van der Waals surface area contributed by atoms with Crippen molar-refractivity contribution >= 4 is 17.7 Å². The highest BCUT2D eigenvalue weighted by Gasteiger charge is 2.20. The summed E-state index contributed by atoms with van der Waals surface area (Å²) in [5, 5.41) is 0. The van der Waals surface area contributed by atoms with E-state index in [-0.39, 0.29) is 11.4 Å². The first-order chi connectivity index (χ1) is 11.4. The average Bonchev–Trinajstić information content (AvgIpc) is 2.55. The van der Waals surface area contributed by atoms with Crippen LogP contribution in [0.25, 0.3) is 0 Å². The number of carbonyl (C=O) groups is 1. The summed E-state index contributed by atoms with van der Waals surface area (Å²) in [4.78, 5) is 13.4. The highest BCUT2D eigenvalue weighted by molar-refractivity contribution is 7.99. The lowest BCUT2D eigenvalue weighted by Gasteiger charge is -2.21. The maximum absolute atomic E-state index is 12.3. The molecule has 2 rings (SSSR count). The Hall–Kier alpha value is -1.94. The molecule has 2 aromatic carbocycles. The lowest BCUT2D eigenvalue weighted by Crippen LogP contribution is -2.14. The largest absolute Gasteiger partial charge is 0.482 e. The normalized spacial score (nSPS) is 11.2. The van der Waals surface area contributed by atoms with Gasteiger partial charge in [0, 0.05) is 4.90 Å². The average molecular weight is 344 g/mol. The van der Waals surface area contributed by atoms with E-state index in [9.17, 15) is 4.79 Å². The van der Waals surface area contributed by atoms with Gasteiger partial charge in [-0.2, -0.15) is 0 Å². The van der Waals surface area contributed by atoms with Gasteiger partial charge in [-0.05, 0) is 42.2 Å². The molecule has 0 fully saturated rings. The molecule has 0 unspecified atom stereocenters. The molecule has 0 saturated carbocycles. The van der Waals surface area contributed by atoms with Gasteiger partial charge in [-0.1, -0.05) is 56.8 Å². The first kappa shape index (κ1) is 18.4. The topological polar surface area (TPSA) is 35.5 Å². The second-order valence-corrected chi connectivity index (χ2v) is 7.40. The fourth-order valence-corrected chi connectivity index (χ4v) is 2.84. The number of rotatable bonds is 6. The van der Waals surface area contributed by atoms with Crippen LogP contribution in [-0.2, 0) is 10.2 Å².